The molecule has 6 aromatic rings. The highest BCUT2D eigenvalue weighted by Crippen LogP contribution is 2.26. The number of anilines is 1. The maximum Gasteiger partial charge on any atom is 0.297 e. The minimum Gasteiger partial charge on any atom is -0.367 e. The van der Waals surface area contributed by atoms with E-state index in [0.29, 0.717) is 10.5 Å². The van der Waals surface area contributed by atoms with Crippen molar-refractivity contribution in [3.63, 3.8) is 0 Å². The van der Waals surface area contributed by atoms with Gasteiger partial charge in [-0.15, -0.1) is 22.7 Å². The summed E-state index contributed by atoms with van der Waals surface area (Å²) >= 11 is 3.11. The number of rotatable bonds is 9. The van der Waals surface area contributed by atoms with Gasteiger partial charge in [-0.25, -0.2) is 14.4 Å². The van der Waals surface area contributed by atoms with Gasteiger partial charge in [0.05, 0.1) is 28.2 Å². The maximum atomic E-state index is 13.6. The van der Waals surface area contributed by atoms with Gasteiger partial charge in [0.1, 0.15) is 0 Å². The molecule has 0 unspecified atom stereocenters. The number of hydrogen-bond acceptors (Lipinski definition) is 6. The zero-order chi connectivity index (χ0) is 29.8. The van der Waals surface area contributed by atoms with Gasteiger partial charge in [0.15, 0.2) is 5.69 Å². The van der Waals surface area contributed by atoms with Crippen LogP contribution >= 0.6 is 22.7 Å². The molecule has 0 saturated carbocycles. The summed E-state index contributed by atoms with van der Waals surface area (Å²) < 4.78 is 5.32. The fraction of sp³-hybridized carbons (Fsp3) is 0.147. The first-order chi connectivity index (χ1) is 21.0. The van der Waals surface area contributed by atoms with Gasteiger partial charge in [-0.2, -0.15) is 5.10 Å². The zero-order valence-electron chi connectivity index (χ0n) is 24.3. The summed E-state index contributed by atoms with van der Waals surface area (Å²) in [6.45, 7) is 5.86. The van der Waals surface area contributed by atoms with Gasteiger partial charge in [0, 0.05) is 31.2 Å². The lowest BCUT2D eigenvalue weighted by Gasteiger charge is -2.23. The fourth-order valence-corrected chi connectivity index (χ4v) is 6.58. The first-order valence-corrected chi connectivity index (χ1v) is 15.9. The van der Waals surface area contributed by atoms with Gasteiger partial charge < -0.3 is 4.90 Å². The SMILES string of the molecule is CCN(Cc1ccccc1)c1ccc(/C=N/n2c(-c3cccs3)csc2=Nc2c(C)n(C)n(-c3ccccc3)c2=O)cc1. The van der Waals surface area contributed by atoms with E-state index in [1.807, 2.05) is 82.8 Å². The van der Waals surface area contributed by atoms with Crippen LogP contribution in [0.5, 0.6) is 0 Å². The maximum absolute atomic E-state index is 13.6. The normalized spacial score (nSPS) is 11.9. The Morgan fingerprint density at radius 1 is 0.884 bits per heavy atom. The molecule has 7 nitrogen and oxygen atoms in total. The lowest BCUT2D eigenvalue weighted by Crippen LogP contribution is -2.21. The van der Waals surface area contributed by atoms with Crippen LogP contribution < -0.4 is 15.3 Å². The van der Waals surface area contributed by atoms with E-state index in [0.717, 1.165) is 46.3 Å². The second-order valence-corrected chi connectivity index (χ2v) is 11.8. The van der Waals surface area contributed by atoms with Gasteiger partial charge in [-0.3, -0.25) is 9.48 Å². The standard InChI is InChI=1S/C34H32N6OS2/c1-4-38(23-27-12-7-5-8-13-27)28-19-17-26(18-20-28)22-35-39-30(31-16-11-21-42-31)24-43-34(39)36-32-25(2)37(3)40(33(32)41)29-14-9-6-10-15-29/h5-22,24H,4,23H2,1-3H3/b35-22+,36-34?. The van der Waals surface area contributed by atoms with E-state index in [-0.39, 0.29) is 5.56 Å². The Hall–Kier alpha value is -4.73. The van der Waals surface area contributed by atoms with Crippen LogP contribution in [0.2, 0.25) is 0 Å². The predicted molar refractivity (Wildman–Crippen MR) is 179 cm³/mol. The smallest absolute Gasteiger partial charge is 0.297 e. The molecule has 0 radical (unpaired) electrons. The molecule has 0 fully saturated rings. The molecule has 3 aromatic carbocycles. The monoisotopic (exact) mass is 604 g/mol. The molecule has 0 aliphatic rings. The lowest BCUT2D eigenvalue weighted by atomic mass is 10.1. The van der Waals surface area contributed by atoms with E-state index >= 15 is 0 Å². The molecular formula is C34H32N6OS2. The highest BCUT2D eigenvalue weighted by atomic mass is 32.1. The summed E-state index contributed by atoms with van der Waals surface area (Å²) in [6, 6.07) is 32.7. The van der Waals surface area contributed by atoms with Crippen molar-refractivity contribution < 1.29 is 0 Å². The van der Waals surface area contributed by atoms with Gasteiger partial charge >= 0.3 is 0 Å². The molecule has 0 bridgehead atoms. The van der Waals surface area contributed by atoms with E-state index < -0.39 is 0 Å². The summed E-state index contributed by atoms with van der Waals surface area (Å²) in [4.78, 5) is 22.5. The van der Waals surface area contributed by atoms with Gasteiger partial charge in [-0.05, 0) is 60.7 Å². The van der Waals surface area contributed by atoms with Crippen LogP contribution in [0.3, 0.4) is 0 Å². The average Bonchev–Trinajstić information content (AvgIpc) is 3.76. The third-order valence-electron chi connectivity index (χ3n) is 7.37. The first kappa shape index (κ1) is 28.4. The molecule has 0 spiro atoms. The summed E-state index contributed by atoms with van der Waals surface area (Å²) in [5, 5.41) is 8.97. The third-order valence-corrected chi connectivity index (χ3v) is 9.08. The van der Waals surface area contributed by atoms with Crippen molar-refractivity contribution in [2.45, 2.75) is 20.4 Å². The number of para-hydroxylation sites is 1. The van der Waals surface area contributed by atoms with E-state index in [1.54, 1.807) is 16.0 Å². The molecule has 0 aliphatic heterocycles. The number of benzene rings is 3. The third kappa shape index (κ3) is 5.95. The van der Waals surface area contributed by atoms with Crippen molar-refractivity contribution in [2.75, 3.05) is 11.4 Å². The Morgan fingerprint density at radius 2 is 1.60 bits per heavy atom. The molecule has 3 heterocycles. The number of thiazole rings is 1. The highest BCUT2D eigenvalue weighted by molar-refractivity contribution is 7.14. The van der Waals surface area contributed by atoms with E-state index in [4.69, 9.17) is 10.1 Å². The lowest BCUT2D eigenvalue weighted by molar-refractivity contribution is 0.630. The van der Waals surface area contributed by atoms with Crippen LogP contribution in [0.25, 0.3) is 16.3 Å². The van der Waals surface area contributed by atoms with Crippen molar-refractivity contribution in [1.82, 2.24) is 14.0 Å². The fourth-order valence-electron chi connectivity index (χ4n) is 4.95. The van der Waals surface area contributed by atoms with Crippen LogP contribution in [0.4, 0.5) is 11.4 Å². The summed E-state index contributed by atoms with van der Waals surface area (Å²) in [6.07, 6.45) is 1.85. The van der Waals surface area contributed by atoms with Crippen molar-refractivity contribution in [2.24, 2.45) is 17.1 Å². The van der Waals surface area contributed by atoms with Crippen LogP contribution in [0, 0.1) is 6.92 Å². The summed E-state index contributed by atoms with van der Waals surface area (Å²) in [7, 11) is 1.88. The topological polar surface area (TPSA) is 59.8 Å². The molecule has 6 rings (SSSR count). The minimum absolute atomic E-state index is 0.167. The van der Waals surface area contributed by atoms with Gasteiger partial charge in [0.2, 0.25) is 4.80 Å². The van der Waals surface area contributed by atoms with Crippen LogP contribution in [0.15, 0.2) is 123 Å². The van der Waals surface area contributed by atoms with Crippen molar-refractivity contribution >= 4 is 40.3 Å². The quantitative estimate of drug-likeness (QED) is 0.164. The van der Waals surface area contributed by atoms with E-state index in [2.05, 4.69) is 66.4 Å². The second kappa shape index (κ2) is 12.6. The second-order valence-electron chi connectivity index (χ2n) is 10.1. The molecule has 216 valence electrons. The summed E-state index contributed by atoms with van der Waals surface area (Å²) in [5.74, 6) is 0. The molecule has 0 N–H and O–H groups in total. The Balaban J connectivity index is 1.35. The summed E-state index contributed by atoms with van der Waals surface area (Å²) in [5.41, 5.74) is 6.16. The first-order valence-electron chi connectivity index (χ1n) is 14.1. The number of nitrogens with zero attached hydrogens (tertiary/aromatic N) is 6. The Morgan fingerprint density at radius 3 is 2.28 bits per heavy atom. The van der Waals surface area contributed by atoms with Gasteiger partial charge in [-0.1, -0.05) is 66.7 Å². The van der Waals surface area contributed by atoms with Crippen LogP contribution in [-0.4, -0.2) is 26.8 Å². The van der Waals surface area contributed by atoms with E-state index in [9.17, 15) is 4.79 Å². The predicted octanol–water partition coefficient (Wildman–Crippen LogP) is 7.22. The number of thiophene rings is 1. The van der Waals surface area contributed by atoms with Gasteiger partial charge in [0.25, 0.3) is 5.56 Å². The van der Waals surface area contributed by atoms with Crippen LogP contribution in [-0.2, 0) is 13.6 Å². The largest absolute Gasteiger partial charge is 0.367 e. The Kier molecular flexibility index (Phi) is 8.35. The Labute approximate surface area is 258 Å². The average molecular weight is 605 g/mol. The molecule has 0 atom stereocenters. The molecular weight excluding hydrogens is 573 g/mol. The molecule has 0 aliphatic carbocycles. The van der Waals surface area contributed by atoms with Crippen molar-refractivity contribution in [3.8, 4) is 16.3 Å². The zero-order valence-corrected chi connectivity index (χ0v) is 25.9. The molecule has 43 heavy (non-hydrogen) atoms. The van der Waals surface area contributed by atoms with Crippen molar-refractivity contribution in [3.05, 3.63) is 140 Å². The highest BCUT2D eigenvalue weighted by Gasteiger charge is 2.17. The molecule has 0 saturated heterocycles. The molecule has 3 aromatic heterocycles. The Bertz CT molecular complexity index is 1960. The number of hydrogen-bond donors (Lipinski definition) is 0. The van der Waals surface area contributed by atoms with Crippen LogP contribution in [0.1, 0.15) is 23.7 Å². The molecule has 0 amide bonds. The number of aromatic nitrogens is 3. The minimum atomic E-state index is -0.167. The molecule has 9 heteroatoms. The van der Waals surface area contributed by atoms with Crippen molar-refractivity contribution in [1.29, 1.82) is 0 Å². The van der Waals surface area contributed by atoms with E-state index in [1.165, 1.54) is 16.9 Å².